The zero-order valence-electron chi connectivity index (χ0n) is 17.3. The number of aliphatic imine (C=N–C) groups is 1. The predicted molar refractivity (Wildman–Crippen MR) is 121 cm³/mol. The second-order valence-electron chi connectivity index (χ2n) is 7.43. The maximum atomic E-state index is 12.4. The summed E-state index contributed by atoms with van der Waals surface area (Å²) in [6, 6.07) is 4.49. The number of hydrogen-bond acceptors (Lipinski definition) is 6. The minimum atomic E-state index is -3.20. The summed E-state index contributed by atoms with van der Waals surface area (Å²) in [5, 5.41) is 6.60. The number of nitrogens with one attached hydrogen (secondary N) is 2. The lowest BCUT2D eigenvalue weighted by atomic mass is 10.1. The van der Waals surface area contributed by atoms with E-state index in [1.54, 1.807) is 11.4 Å². The summed E-state index contributed by atoms with van der Waals surface area (Å²) in [7, 11) is -1.48. The summed E-state index contributed by atoms with van der Waals surface area (Å²) >= 11 is 1.81. The van der Waals surface area contributed by atoms with E-state index in [4.69, 9.17) is 0 Å². The van der Waals surface area contributed by atoms with Gasteiger partial charge in [-0.15, -0.1) is 0 Å². The van der Waals surface area contributed by atoms with Gasteiger partial charge in [0.25, 0.3) is 0 Å². The van der Waals surface area contributed by atoms with Crippen LogP contribution in [-0.4, -0.2) is 86.7 Å². The molecule has 162 valence electrons. The molecule has 0 radical (unpaired) electrons. The van der Waals surface area contributed by atoms with Crippen LogP contribution in [0.5, 0.6) is 0 Å². The van der Waals surface area contributed by atoms with Gasteiger partial charge in [0.15, 0.2) is 5.96 Å². The van der Waals surface area contributed by atoms with Crippen LogP contribution >= 0.6 is 11.8 Å². The highest BCUT2D eigenvalue weighted by molar-refractivity contribution is 7.99. The highest BCUT2D eigenvalue weighted by Crippen LogP contribution is 2.18. The first kappa shape index (κ1) is 22.2. The molecule has 2 saturated heterocycles. The molecule has 0 amide bonds. The Morgan fingerprint density at radius 2 is 1.97 bits per heavy atom. The molecular formula is C19H32N6O2S2. The Morgan fingerprint density at radius 1 is 1.24 bits per heavy atom. The van der Waals surface area contributed by atoms with Crippen molar-refractivity contribution in [1.82, 2.24) is 19.9 Å². The summed E-state index contributed by atoms with van der Waals surface area (Å²) < 4.78 is 26.5. The van der Waals surface area contributed by atoms with Crippen molar-refractivity contribution in [3.8, 4) is 0 Å². The number of hydrogen-bond donors (Lipinski definition) is 2. The maximum Gasteiger partial charge on any atom is 0.215 e. The van der Waals surface area contributed by atoms with Crippen molar-refractivity contribution in [1.29, 1.82) is 0 Å². The Bertz CT molecular complexity index is 770. The van der Waals surface area contributed by atoms with Crippen LogP contribution in [0.3, 0.4) is 0 Å². The lowest BCUT2D eigenvalue weighted by Crippen LogP contribution is -2.50. The van der Waals surface area contributed by atoms with E-state index in [0.29, 0.717) is 31.6 Å². The van der Waals surface area contributed by atoms with Crippen LogP contribution in [-0.2, 0) is 10.0 Å². The molecule has 0 bridgehead atoms. The molecule has 29 heavy (non-hydrogen) atoms. The summed E-state index contributed by atoms with van der Waals surface area (Å²) in [5.41, 5.74) is 1.17. The Labute approximate surface area is 178 Å². The van der Waals surface area contributed by atoms with E-state index in [2.05, 4.69) is 37.6 Å². The number of guanidine groups is 1. The van der Waals surface area contributed by atoms with E-state index < -0.39 is 10.0 Å². The monoisotopic (exact) mass is 440 g/mol. The van der Waals surface area contributed by atoms with Crippen LogP contribution in [0.25, 0.3) is 0 Å². The molecule has 8 nitrogen and oxygen atoms in total. The third-order valence-electron chi connectivity index (χ3n) is 5.30. The minimum Gasteiger partial charge on any atom is -0.356 e. The van der Waals surface area contributed by atoms with Gasteiger partial charge in [0.05, 0.1) is 5.75 Å². The number of sulfonamides is 1. The van der Waals surface area contributed by atoms with Crippen LogP contribution in [0, 0.1) is 6.92 Å². The fraction of sp³-hybridized carbons (Fsp3) is 0.684. The molecule has 3 heterocycles. The first-order valence-corrected chi connectivity index (χ1v) is 12.9. The van der Waals surface area contributed by atoms with Gasteiger partial charge in [0.1, 0.15) is 5.82 Å². The van der Waals surface area contributed by atoms with Crippen molar-refractivity contribution < 1.29 is 8.42 Å². The van der Waals surface area contributed by atoms with Gasteiger partial charge in [-0.25, -0.2) is 17.7 Å². The fourth-order valence-electron chi connectivity index (χ4n) is 3.54. The number of anilines is 1. The largest absolute Gasteiger partial charge is 0.356 e. The fourth-order valence-corrected chi connectivity index (χ4v) is 6.03. The Morgan fingerprint density at radius 3 is 2.59 bits per heavy atom. The first-order chi connectivity index (χ1) is 14.0. The van der Waals surface area contributed by atoms with Crippen LogP contribution in [0.15, 0.2) is 23.3 Å². The first-order valence-electron chi connectivity index (χ1n) is 10.2. The van der Waals surface area contributed by atoms with Gasteiger partial charge in [0, 0.05) is 63.5 Å². The summed E-state index contributed by atoms with van der Waals surface area (Å²) in [6.45, 7) is 5.51. The average molecular weight is 441 g/mol. The smallest absolute Gasteiger partial charge is 0.215 e. The molecule has 1 aromatic rings. The van der Waals surface area contributed by atoms with Gasteiger partial charge in [-0.3, -0.25) is 4.99 Å². The van der Waals surface area contributed by atoms with E-state index in [0.717, 1.165) is 43.3 Å². The quantitative estimate of drug-likeness (QED) is 0.502. The summed E-state index contributed by atoms with van der Waals surface area (Å²) in [5.74, 6) is 3.55. The molecule has 2 aliphatic rings. The lowest BCUT2D eigenvalue weighted by Gasteiger charge is -2.34. The number of piperidine rings is 1. The van der Waals surface area contributed by atoms with Gasteiger partial charge >= 0.3 is 0 Å². The van der Waals surface area contributed by atoms with Gasteiger partial charge in [0.2, 0.25) is 10.0 Å². The number of pyridine rings is 1. The number of nitrogens with zero attached hydrogens (tertiary/aromatic N) is 4. The van der Waals surface area contributed by atoms with E-state index >= 15 is 0 Å². The highest BCUT2D eigenvalue weighted by Gasteiger charge is 2.24. The molecule has 1 aromatic heterocycles. The zero-order valence-corrected chi connectivity index (χ0v) is 18.9. The van der Waals surface area contributed by atoms with E-state index in [1.807, 2.05) is 24.9 Å². The van der Waals surface area contributed by atoms with Crippen molar-refractivity contribution in [2.75, 3.05) is 61.9 Å². The SMILES string of the molecule is CN=C(NCCS(=O)(=O)N1CCSCC1)NC1CCN(c2ccc(C)cn2)CC1. The number of aryl methyl sites for hydroxylation is 1. The Balaban J connectivity index is 1.41. The van der Waals surface area contributed by atoms with Crippen molar-refractivity contribution in [2.24, 2.45) is 4.99 Å². The van der Waals surface area contributed by atoms with Gasteiger partial charge in [-0.2, -0.15) is 11.8 Å². The highest BCUT2D eigenvalue weighted by atomic mass is 32.2. The number of rotatable bonds is 6. The second-order valence-corrected chi connectivity index (χ2v) is 10.7. The van der Waals surface area contributed by atoms with Crippen molar-refractivity contribution in [3.63, 3.8) is 0 Å². The normalized spacial score (nSPS) is 19.9. The molecule has 0 saturated carbocycles. The van der Waals surface area contributed by atoms with Gasteiger partial charge < -0.3 is 15.5 Å². The van der Waals surface area contributed by atoms with E-state index in [9.17, 15) is 8.42 Å². The lowest BCUT2D eigenvalue weighted by molar-refractivity contribution is 0.442. The summed E-state index contributed by atoms with van der Waals surface area (Å²) in [6.07, 6.45) is 3.88. The molecule has 0 unspecified atom stereocenters. The number of aromatic nitrogens is 1. The zero-order chi connectivity index (χ0) is 20.7. The molecule has 10 heteroatoms. The predicted octanol–water partition coefficient (Wildman–Crippen LogP) is 0.902. The molecule has 0 aromatic carbocycles. The van der Waals surface area contributed by atoms with Gasteiger partial charge in [-0.1, -0.05) is 6.07 Å². The topological polar surface area (TPSA) is 89.9 Å². The molecule has 0 atom stereocenters. The maximum absolute atomic E-state index is 12.4. The van der Waals surface area contributed by atoms with Crippen molar-refractivity contribution >= 4 is 33.6 Å². The molecule has 2 fully saturated rings. The van der Waals surface area contributed by atoms with Crippen LogP contribution in [0.2, 0.25) is 0 Å². The third kappa shape index (κ3) is 6.48. The van der Waals surface area contributed by atoms with E-state index in [-0.39, 0.29) is 5.75 Å². The minimum absolute atomic E-state index is 0.0932. The molecule has 0 aliphatic carbocycles. The van der Waals surface area contributed by atoms with E-state index in [1.165, 1.54) is 5.56 Å². The number of thioether (sulfide) groups is 1. The molecule has 0 spiro atoms. The van der Waals surface area contributed by atoms with Crippen LogP contribution in [0.4, 0.5) is 5.82 Å². The second kappa shape index (κ2) is 10.5. The van der Waals surface area contributed by atoms with Gasteiger partial charge in [-0.05, 0) is 31.4 Å². The summed E-state index contributed by atoms with van der Waals surface area (Å²) in [4.78, 5) is 11.1. The van der Waals surface area contributed by atoms with Crippen LogP contribution in [0.1, 0.15) is 18.4 Å². The Kier molecular flexibility index (Phi) is 8.02. The molecule has 2 N–H and O–H groups in total. The molecule has 3 rings (SSSR count). The third-order valence-corrected chi connectivity index (χ3v) is 8.11. The van der Waals surface area contributed by atoms with Crippen molar-refractivity contribution in [2.45, 2.75) is 25.8 Å². The molecule has 2 aliphatic heterocycles. The standard InChI is InChI=1S/C19H32N6O2S2/c1-16-3-4-18(22-15-16)24-8-5-17(6-9-24)23-19(20-2)21-7-14-29(26,27)25-10-12-28-13-11-25/h3-4,15,17H,5-14H2,1-2H3,(H2,20,21,23). The van der Waals surface area contributed by atoms with Crippen molar-refractivity contribution in [3.05, 3.63) is 23.9 Å². The van der Waals surface area contributed by atoms with Crippen LogP contribution < -0.4 is 15.5 Å². The Hall–Kier alpha value is -1.52. The average Bonchev–Trinajstić information content (AvgIpc) is 2.75. The molecular weight excluding hydrogens is 408 g/mol.